The third kappa shape index (κ3) is 2.98. The molecular weight excluding hydrogens is 306 g/mol. The fourth-order valence-corrected chi connectivity index (χ4v) is 4.12. The van der Waals surface area contributed by atoms with Crippen molar-refractivity contribution in [2.75, 3.05) is 12.8 Å². The van der Waals surface area contributed by atoms with Crippen LogP contribution in [0.5, 0.6) is 0 Å². The van der Waals surface area contributed by atoms with Gasteiger partial charge >= 0.3 is 0 Å². The number of thioether (sulfide) groups is 1. The molecule has 2 heterocycles. The van der Waals surface area contributed by atoms with Crippen molar-refractivity contribution in [3.63, 3.8) is 0 Å². The summed E-state index contributed by atoms with van der Waals surface area (Å²) in [7, 11) is 1.60. The van der Waals surface area contributed by atoms with E-state index in [2.05, 4.69) is 10.3 Å². The number of aryl methyl sites for hydroxylation is 2. The van der Waals surface area contributed by atoms with Gasteiger partial charge in [0.05, 0.1) is 11.1 Å². The van der Waals surface area contributed by atoms with E-state index in [1.807, 2.05) is 27.7 Å². The molecule has 114 valence electrons. The molecule has 0 saturated carbocycles. The highest BCUT2D eigenvalue weighted by atomic mass is 32.2. The minimum atomic E-state index is -0.0804. The number of fused-ring (bicyclic) bond motifs is 1. The largest absolute Gasteiger partial charge is 0.358 e. The van der Waals surface area contributed by atoms with Gasteiger partial charge in [0, 0.05) is 18.0 Å². The van der Waals surface area contributed by atoms with Gasteiger partial charge in [-0.3, -0.25) is 14.2 Å². The maximum atomic E-state index is 12.8. The predicted octanol–water partition coefficient (Wildman–Crippen LogP) is 2.49. The molecule has 1 N–H and O–H groups in total. The van der Waals surface area contributed by atoms with E-state index in [0.29, 0.717) is 10.5 Å². The van der Waals surface area contributed by atoms with Crippen LogP contribution in [-0.2, 0) is 4.79 Å². The van der Waals surface area contributed by atoms with Crippen molar-refractivity contribution in [2.24, 2.45) is 0 Å². The van der Waals surface area contributed by atoms with E-state index in [4.69, 9.17) is 0 Å². The second-order valence-corrected chi connectivity index (χ2v) is 7.23. The van der Waals surface area contributed by atoms with Gasteiger partial charge in [-0.1, -0.05) is 11.8 Å². The van der Waals surface area contributed by atoms with Crippen molar-refractivity contribution in [3.05, 3.63) is 20.8 Å². The first-order valence-electron chi connectivity index (χ1n) is 6.72. The summed E-state index contributed by atoms with van der Waals surface area (Å²) in [5.74, 6) is 0.174. The predicted molar refractivity (Wildman–Crippen MR) is 88.5 cm³/mol. The molecule has 21 heavy (non-hydrogen) atoms. The van der Waals surface area contributed by atoms with Gasteiger partial charge in [0.15, 0.2) is 5.16 Å². The monoisotopic (exact) mass is 325 g/mol. The van der Waals surface area contributed by atoms with Crippen LogP contribution < -0.4 is 10.9 Å². The molecule has 0 aliphatic carbocycles. The molecule has 0 aliphatic rings. The van der Waals surface area contributed by atoms with E-state index in [9.17, 15) is 9.59 Å². The Balaban J connectivity index is 2.61. The maximum absolute atomic E-state index is 12.8. The Morgan fingerprint density at radius 1 is 1.43 bits per heavy atom. The lowest BCUT2D eigenvalue weighted by Gasteiger charge is -2.15. The maximum Gasteiger partial charge on any atom is 0.263 e. The zero-order valence-corrected chi connectivity index (χ0v) is 14.4. The van der Waals surface area contributed by atoms with Crippen LogP contribution in [0, 0.1) is 13.8 Å². The first-order valence-corrected chi connectivity index (χ1v) is 8.52. The average molecular weight is 325 g/mol. The number of carbonyl (C=O) groups excluding carboxylic acids is 1. The molecule has 0 atom stereocenters. The first kappa shape index (κ1) is 16.0. The Hall–Kier alpha value is -1.34. The third-order valence-corrected chi connectivity index (χ3v) is 5.38. The first-order chi connectivity index (χ1) is 9.86. The van der Waals surface area contributed by atoms with Crippen LogP contribution >= 0.6 is 23.1 Å². The normalized spacial score (nSPS) is 11.3. The van der Waals surface area contributed by atoms with Crippen LogP contribution in [0.3, 0.4) is 0 Å². The number of rotatable bonds is 4. The highest BCUT2D eigenvalue weighted by Gasteiger charge is 2.18. The van der Waals surface area contributed by atoms with Crippen LogP contribution in [0.2, 0.25) is 0 Å². The number of hydrogen-bond acceptors (Lipinski definition) is 5. The third-order valence-electron chi connectivity index (χ3n) is 3.33. The summed E-state index contributed by atoms with van der Waals surface area (Å²) in [6.07, 6.45) is 0. The van der Waals surface area contributed by atoms with Gasteiger partial charge < -0.3 is 5.32 Å². The summed E-state index contributed by atoms with van der Waals surface area (Å²) in [4.78, 5) is 30.7. The van der Waals surface area contributed by atoms with Gasteiger partial charge in [0.1, 0.15) is 4.83 Å². The minimum absolute atomic E-state index is 0.00111. The van der Waals surface area contributed by atoms with Gasteiger partial charge in [-0.25, -0.2) is 4.98 Å². The number of aromatic nitrogens is 2. The van der Waals surface area contributed by atoms with Crippen LogP contribution in [0.1, 0.15) is 30.3 Å². The molecule has 7 heteroatoms. The van der Waals surface area contributed by atoms with Crippen molar-refractivity contribution in [2.45, 2.75) is 38.9 Å². The summed E-state index contributed by atoms with van der Waals surface area (Å²) < 4.78 is 1.68. The molecule has 2 aromatic heterocycles. The zero-order chi connectivity index (χ0) is 15.7. The van der Waals surface area contributed by atoms with Crippen molar-refractivity contribution >= 4 is 39.2 Å². The van der Waals surface area contributed by atoms with Crippen LogP contribution in [-0.4, -0.2) is 28.3 Å². The molecule has 0 bridgehead atoms. The Bertz CT molecular complexity index is 747. The zero-order valence-electron chi connectivity index (χ0n) is 12.8. The van der Waals surface area contributed by atoms with Gasteiger partial charge in [0.2, 0.25) is 5.91 Å². The summed E-state index contributed by atoms with van der Waals surface area (Å²) in [5.41, 5.74) is 0.987. The summed E-state index contributed by atoms with van der Waals surface area (Å²) in [6.45, 7) is 7.86. The summed E-state index contributed by atoms with van der Waals surface area (Å²) in [6, 6.07) is 0.00111. The Kier molecular flexibility index (Phi) is 4.73. The van der Waals surface area contributed by atoms with E-state index in [-0.39, 0.29) is 23.3 Å². The van der Waals surface area contributed by atoms with Crippen molar-refractivity contribution in [3.8, 4) is 0 Å². The molecule has 0 aliphatic heterocycles. The van der Waals surface area contributed by atoms with Crippen molar-refractivity contribution in [1.82, 2.24) is 14.9 Å². The number of carbonyl (C=O) groups is 1. The number of hydrogen-bond donors (Lipinski definition) is 1. The standard InChI is InChI=1S/C14H19N3O2S2/c1-7(2)17-13(19)11-8(3)9(4)21-12(11)16-14(17)20-6-10(18)15-5/h7H,6H2,1-5H3,(H,15,18). The van der Waals surface area contributed by atoms with E-state index in [1.54, 1.807) is 11.6 Å². The van der Waals surface area contributed by atoms with Gasteiger partial charge in [-0.15, -0.1) is 11.3 Å². The minimum Gasteiger partial charge on any atom is -0.358 e. The van der Waals surface area contributed by atoms with E-state index in [1.165, 1.54) is 23.1 Å². The smallest absolute Gasteiger partial charge is 0.263 e. The highest BCUT2D eigenvalue weighted by molar-refractivity contribution is 7.99. The molecule has 0 unspecified atom stereocenters. The molecular formula is C14H19N3O2S2. The van der Waals surface area contributed by atoms with Crippen molar-refractivity contribution < 1.29 is 4.79 Å². The topological polar surface area (TPSA) is 64.0 Å². The average Bonchev–Trinajstić information content (AvgIpc) is 2.71. The quantitative estimate of drug-likeness (QED) is 0.693. The summed E-state index contributed by atoms with van der Waals surface area (Å²) in [5, 5.41) is 3.88. The highest BCUT2D eigenvalue weighted by Crippen LogP contribution is 2.29. The van der Waals surface area contributed by atoms with E-state index < -0.39 is 0 Å². The molecule has 1 amide bonds. The molecule has 0 spiro atoms. The lowest BCUT2D eigenvalue weighted by molar-refractivity contribution is -0.118. The molecule has 0 aromatic carbocycles. The van der Waals surface area contributed by atoms with Gasteiger partial charge in [-0.2, -0.15) is 0 Å². The molecule has 2 aromatic rings. The Morgan fingerprint density at radius 2 is 2.10 bits per heavy atom. The van der Waals surface area contributed by atoms with Gasteiger partial charge in [0.25, 0.3) is 5.56 Å². The van der Waals surface area contributed by atoms with Gasteiger partial charge in [-0.05, 0) is 33.3 Å². The second-order valence-electron chi connectivity index (χ2n) is 5.09. The molecule has 0 radical (unpaired) electrons. The SMILES string of the molecule is CNC(=O)CSc1nc2sc(C)c(C)c2c(=O)n1C(C)C. The lowest BCUT2D eigenvalue weighted by atomic mass is 10.2. The van der Waals surface area contributed by atoms with E-state index in [0.717, 1.165) is 15.3 Å². The number of nitrogens with zero attached hydrogens (tertiary/aromatic N) is 2. The Labute approximate surface area is 131 Å². The van der Waals surface area contributed by atoms with Crippen molar-refractivity contribution in [1.29, 1.82) is 0 Å². The number of thiophene rings is 1. The second kappa shape index (κ2) is 6.19. The summed E-state index contributed by atoms with van der Waals surface area (Å²) >= 11 is 2.83. The molecule has 5 nitrogen and oxygen atoms in total. The van der Waals surface area contributed by atoms with Crippen LogP contribution in [0.25, 0.3) is 10.2 Å². The molecule has 2 rings (SSSR count). The number of amides is 1. The van der Waals surface area contributed by atoms with Crippen LogP contribution in [0.15, 0.2) is 9.95 Å². The van der Waals surface area contributed by atoms with Crippen LogP contribution in [0.4, 0.5) is 0 Å². The lowest BCUT2D eigenvalue weighted by Crippen LogP contribution is -2.26. The molecule has 0 saturated heterocycles. The fourth-order valence-electron chi connectivity index (χ4n) is 2.05. The number of nitrogens with one attached hydrogen (secondary N) is 1. The Morgan fingerprint density at radius 3 is 2.67 bits per heavy atom. The molecule has 0 fully saturated rings. The fraction of sp³-hybridized carbons (Fsp3) is 0.500. The van der Waals surface area contributed by atoms with E-state index >= 15 is 0 Å².